The minimum absolute atomic E-state index is 0.434. The van der Waals surface area contributed by atoms with E-state index in [1.807, 2.05) is 0 Å². The lowest BCUT2D eigenvalue weighted by molar-refractivity contribution is -0.122. The van der Waals surface area contributed by atoms with Gasteiger partial charge >= 0.3 is 0 Å². The number of Topliss-reactive ketones (excluding diaryl/α,β-unsaturated/α-hetero) is 1. The second-order valence-electron chi connectivity index (χ2n) is 4.50. The Kier molecular flexibility index (Phi) is 4.47. The fourth-order valence-electron chi connectivity index (χ4n) is 2.04. The largest absolute Gasteiger partial charge is 0.299 e. The van der Waals surface area contributed by atoms with Crippen molar-refractivity contribution in [3.05, 3.63) is 0 Å². The molecule has 1 atom stereocenters. The number of ketones is 1. The van der Waals surface area contributed by atoms with E-state index in [1.165, 1.54) is 32.1 Å². The molecule has 0 saturated heterocycles. The van der Waals surface area contributed by atoms with Crippen LogP contribution >= 0.6 is 0 Å². The number of hydrogen-bond donors (Lipinski definition) is 0. The van der Waals surface area contributed by atoms with Gasteiger partial charge in [-0.1, -0.05) is 33.1 Å². The quantitative estimate of drug-likeness (QED) is 0.635. The summed E-state index contributed by atoms with van der Waals surface area (Å²) in [4.78, 5) is 11.7. The highest BCUT2D eigenvalue weighted by Gasteiger charge is 2.22. The Hall–Kier alpha value is -0.330. The zero-order chi connectivity index (χ0) is 9.68. The average molecular weight is 182 g/mol. The van der Waals surface area contributed by atoms with Gasteiger partial charge < -0.3 is 0 Å². The lowest BCUT2D eigenvalue weighted by Gasteiger charge is -2.10. The van der Waals surface area contributed by atoms with Crippen molar-refractivity contribution in [3.63, 3.8) is 0 Å². The van der Waals surface area contributed by atoms with Gasteiger partial charge in [-0.3, -0.25) is 4.79 Å². The highest BCUT2D eigenvalue weighted by molar-refractivity contribution is 5.81. The van der Waals surface area contributed by atoms with E-state index in [0.29, 0.717) is 11.7 Å². The minimum Gasteiger partial charge on any atom is -0.299 e. The standard InChI is InChI=1S/C12H22O/c1-3-10(2)8-9-12(13)11-6-4-5-7-11/h10-11H,3-9H2,1-2H3. The molecule has 1 heteroatoms. The molecule has 13 heavy (non-hydrogen) atoms. The SMILES string of the molecule is CCC(C)CCC(=O)C1CCCC1. The van der Waals surface area contributed by atoms with Crippen LogP contribution in [0.4, 0.5) is 0 Å². The summed E-state index contributed by atoms with van der Waals surface area (Å²) in [5, 5.41) is 0. The molecule has 1 saturated carbocycles. The Morgan fingerprint density at radius 2 is 2.00 bits per heavy atom. The molecule has 0 aromatic rings. The van der Waals surface area contributed by atoms with Crippen molar-refractivity contribution >= 4 is 5.78 Å². The van der Waals surface area contributed by atoms with E-state index in [0.717, 1.165) is 18.8 Å². The summed E-state index contributed by atoms with van der Waals surface area (Å²) in [7, 11) is 0. The van der Waals surface area contributed by atoms with E-state index in [-0.39, 0.29) is 0 Å². The molecule has 1 aliphatic rings. The number of hydrogen-bond acceptors (Lipinski definition) is 1. The third-order valence-electron chi connectivity index (χ3n) is 3.39. The maximum Gasteiger partial charge on any atom is 0.135 e. The second-order valence-corrected chi connectivity index (χ2v) is 4.50. The van der Waals surface area contributed by atoms with Crippen LogP contribution in [0.5, 0.6) is 0 Å². The predicted molar refractivity (Wildman–Crippen MR) is 55.7 cm³/mol. The van der Waals surface area contributed by atoms with Gasteiger partial charge in [0.25, 0.3) is 0 Å². The molecule has 0 radical (unpaired) electrons. The summed E-state index contributed by atoms with van der Waals surface area (Å²) in [5.74, 6) is 1.70. The topological polar surface area (TPSA) is 17.1 Å². The van der Waals surface area contributed by atoms with Crippen LogP contribution in [0.1, 0.15) is 58.8 Å². The zero-order valence-electron chi connectivity index (χ0n) is 9.01. The molecule has 1 fully saturated rings. The highest BCUT2D eigenvalue weighted by atomic mass is 16.1. The lowest BCUT2D eigenvalue weighted by atomic mass is 9.94. The monoisotopic (exact) mass is 182 g/mol. The fourth-order valence-corrected chi connectivity index (χ4v) is 2.04. The van der Waals surface area contributed by atoms with Crippen LogP contribution in [0, 0.1) is 11.8 Å². The molecule has 0 bridgehead atoms. The van der Waals surface area contributed by atoms with E-state index in [4.69, 9.17) is 0 Å². The average Bonchev–Trinajstić information content (AvgIpc) is 2.66. The van der Waals surface area contributed by atoms with Gasteiger partial charge in [0.2, 0.25) is 0 Å². The molecule has 1 rings (SSSR count). The Labute approximate surface area is 81.9 Å². The predicted octanol–water partition coefficient (Wildman–Crippen LogP) is 3.57. The number of carbonyl (C=O) groups is 1. The minimum atomic E-state index is 0.434. The Morgan fingerprint density at radius 3 is 2.54 bits per heavy atom. The summed E-state index contributed by atoms with van der Waals surface area (Å²) < 4.78 is 0. The normalized spacial score (nSPS) is 20.5. The Bertz CT molecular complexity index is 157. The van der Waals surface area contributed by atoms with E-state index in [9.17, 15) is 4.79 Å². The van der Waals surface area contributed by atoms with Crippen LogP contribution in [-0.4, -0.2) is 5.78 Å². The third-order valence-corrected chi connectivity index (χ3v) is 3.39. The van der Waals surface area contributed by atoms with Crippen molar-refractivity contribution in [1.29, 1.82) is 0 Å². The van der Waals surface area contributed by atoms with Crippen LogP contribution < -0.4 is 0 Å². The summed E-state index contributed by atoms with van der Waals surface area (Å²) >= 11 is 0. The first kappa shape index (κ1) is 10.7. The molecule has 0 aliphatic heterocycles. The Balaban J connectivity index is 2.16. The van der Waals surface area contributed by atoms with E-state index < -0.39 is 0 Å². The van der Waals surface area contributed by atoms with Crippen molar-refractivity contribution in [3.8, 4) is 0 Å². The molecule has 76 valence electrons. The van der Waals surface area contributed by atoms with E-state index in [2.05, 4.69) is 13.8 Å². The van der Waals surface area contributed by atoms with Crippen LogP contribution in [0.3, 0.4) is 0 Å². The highest BCUT2D eigenvalue weighted by Crippen LogP contribution is 2.27. The van der Waals surface area contributed by atoms with Crippen LogP contribution in [-0.2, 0) is 4.79 Å². The van der Waals surface area contributed by atoms with Gasteiger partial charge in [-0.2, -0.15) is 0 Å². The van der Waals surface area contributed by atoms with Crippen LogP contribution in [0.25, 0.3) is 0 Å². The third kappa shape index (κ3) is 3.50. The van der Waals surface area contributed by atoms with Crippen molar-refractivity contribution in [2.45, 2.75) is 58.8 Å². The Morgan fingerprint density at radius 1 is 1.38 bits per heavy atom. The number of rotatable bonds is 5. The first-order valence-electron chi connectivity index (χ1n) is 5.76. The van der Waals surface area contributed by atoms with Crippen LogP contribution in [0.15, 0.2) is 0 Å². The first-order valence-corrected chi connectivity index (χ1v) is 5.76. The number of carbonyl (C=O) groups excluding carboxylic acids is 1. The van der Waals surface area contributed by atoms with Gasteiger partial charge in [0, 0.05) is 12.3 Å². The van der Waals surface area contributed by atoms with Crippen molar-refractivity contribution in [1.82, 2.24) is 0 Å². The molecule has 0 aromatic carbocycles. The molecule has 0 N–H and O–H groups in total. The molecule has 1 unspecified atom stereocenters. The summed E-state index contributed by atoms with van der Waals surface area (Å²) in [6.07, 6.45) is 8.03. The smallest absolute Gasteiger partial charge is 0.135 e. The molecule has 0 amide bonds. The second kappa shape index (κ2) is 5.41. The van der Waals surface area contributed by atoms with Gasteiger partial charge in [-0.15, -0.1) is 0 Å². The molecule has 1 nitrogen and oxygen atoms in total. The van der Waals surface area contributed by atoms with Gasteiger partial charge in [0.05, 0.1) is 0 Å². The van der Waals surface area contributed by atoms with Gasteiger partial charge in [-0.05, 0) is 25.2 Å². The molecule has 0 aromatic heterocycles. The molecule has 0 heterocycles. The van der Waals surface area contributed by atoms with Gasteiger partial charge in [-0.25, -0.2) is 0 Å². The first-order chi connectivity index (χ1) is 6.24. The fraction of sp³-hybridized carbons (Fsp3) is 0.917. The maximum absolute atomic E-state index is 11.7. The summed E-state index contributed by atoms with van der Waals surface area (Å²) in [6.45, 7) is 4.44. The van der Waals surface area contributed by atoms with Gasteiger partial charge in [0.1, 0.15) is 5.78 Å². The summed E-state index contributed by atoms with van der Waals surface area (Å²) in [5.41, 5.74) is 0. The van der Waals surface area contributed by atoms with Gasteiger partial charge in [0.15, 0.2) is 0 Å². The van der Waals surface area contributed by atoms with E-state index >= 15 is 0 Å². The molecular formula is C12H22O. The molecular weight excluding hydrogens is 160 g/mol. The lowest BCUT2D eigenvalue weighted by Crippen LogP contribution is -2.11. The molecule has 1 aliphatic carbocycles. The van der Waals surface area contributed by atoms with Crippen molar-refractivity contribution in [2.24, 2.45) is 11.8 Å². The summed E-state index contributed by atoms with van der Waals surface area (Å²) in [6, 6.07) is 0. The maximum atomic E-state index is 11.7. The van der Waals surface area contributed by atoms with E-state index in [1.54, 1.807) is 0 Å². The zero-order valence-corrected chi connectivity index (χ0v) is 9.01. The van der Waals surface area contributed by atoms with Crippen LogP contribution in [0.2, 0.25) is 0 Å². The molecule has 0 spiro atoms. The van der Waals surface area contributed by atoms with Crippen molar-refractivity contribution in [2.75, 3.05) is 0 Å². The van der Waals surface area contributed by atoms with Crippen molar-refractivity contribution < 1.29 is 4.79 Å².